The predicted octanol–water partition coefficient (Wildman–Crippen LogP) is 4.85. The Morgan fingerprint density at radius 3 is 2.48 bits per heavy atom. The lowest BCUT2D eigenvalue weighted by Gasteiger charge is -2.10. The van der Waals surface area contributed by atoms with E-state index in [1.807, 2.05) is 30.3 Å². The largest absolute Gasteiger partial charge is 0.433 e. The van der Waals surface area contributed by atoms with Crippen LogP contribution in [0.3, 0.4) is 0 Å². The van der Waals surface area contributed by atoms with Crippen LogP contribution in [0.1, 0.15) is 16.8 Å². The van der Waals surface area contributed by atoms with E-state index in [2.05, 4.69) is 15.4 Å². The first-order chi connectivity index (χ1) is 13.9. The number of rotatable bonds is 7. The average molecular weight is 419 g/mol. The smallest absolute Gasteiger partial charge is 0.387 e. The molecule has 0 aliphatic carbocycles. The molecule has 0 atom stereocenters. The number of anilines is 1. The third-order valence-corrected chi connectivity index (χ3v) is 4.38. The van der Waals surface area contributed by atoms with Gasteiger partial charge in [0.25, 0.3) is 5.91 Å². The number of nitrogens with one attached hydrogen (secondary N) is 2. The Morgan fingerprint density at radius 1 is 1.00 bits per heavy atom. The zero-order chi connectivity index (χ0) is 20.8. The van der Waals surface area contributed by atoms with Gasteiger partial charge in [-0.05, 0) is 41.1 Å². The molecule has 0 heterocycles. The van der Waals surface area contributed by atoms with Gasteiger partial charge in [0.05, 0.1) is 5.02 Å². The van der Waals surface area contributed by atoms with Crippen molar-refractivity contribution < 1.29 is 23.1 Å². The van der Waals surface area contributed by atoms with E-state index in [1.165, 1.54) is 18.2 Å². The molecule has 0 aromatic heterocycles. The summed E-state index contributed by atoms with van der Waals surface area (Å²) in [5.74, 6) is -0.815. The van der Waals surface area contributed by atoms with Gasteiger partial charge < -0.3 is 15.4 Å². The van der Waals surface area contributed by atoms with E-state index in [4.69, 9.17) is 11.6 Å². The Labute approximate surface area is 170 Å². The number of benzene rings is 3. The Bertz CT molecular complexity index is 1040. The highest BCUT2D eigenvalue weighted by molar-refractivity contribution is 6.32. The van der Waals surface area contributed by atoms with Crippen molar-refractivity contribution in [1.82, 2.24) is 5.32 Å². The molecule has 8 heteroatoms. The molecule has 3 aromatic rings. The second-order valence-electron chi connectivity index (χ2n) is 6.14. The molecule has 0 unspecified atom stereocenters. The van der Waals surface area contributed by atoms with Crippen LogP contribution in [0.4, 0.5) is 14.5 Å². The summed E-state index contributed by atoms with van der Waals surface area (Å²) < 4.78 is 28.7. The molecule has 2 amide bonds. The molecule has 0 fully saturated rings. The number of carbonyl (C=O) groups excluding carboxylic acids is 2. The number of carbonyl (C=O) groups is 2. The molecule has 3 aromatic carbocycles. The fraction of sp³-hybridized carbons (Fsp3) is 0.143. The maximum atomic E-state index is 12.3. The van der Waals surface area contributed by atoms with Gasteiger partial charge in [0, 0.05) is 24.2 Å². The lowest BCUT2D eigenvalue weighted by atomic mass is 10.1. The zero-order valence-electron chi connectivity index (χ0n) is 15.1. The van der Waals surface area contributed by atoms with Gasteiger partial charge in [-0.1, -0.05) is 41.9 Å². The summed E-state index contributed by atoms with van der Waals surface area (Å²) in [5.41, 5.74) is 0.841. The summed E-state index contributed by atoms with van der Waals surface area (Å²) in [6, 6.07) is 17.0. The van der Waals surface area contributed by atoms with E-state index in [0.29, 0.717) is 11.3 Å². The van der Waals surface area contributed by atoms with Crippen LogP contribution in [0.5, 0.6) is 5.75 Å². The Morgan fingerprint density at radius 2 is 1.76 bits per heavy atom. The van der Waals surface area contributed by atoms with Crippen molar-refractivity contribution in [3.05, 3.63) is 71.2 Å². The highest BCUT2D eigenvalue weighted by Crippen LogP contribution is 2.29. The number of hydrogen-bond acceptors (Lipinski definition) is 3. The summed E-state index contributed by atoms with van der Waals surface area (Å²) in [6.07, 6.45) is 0.0340. The lowest BCUT2D eigenvalue weighted by Crippen LogP contribution is -2.27. The maximum absolute atomic E-state index is 12.3. The first-order valence-electron chi connectivity index (χ1n) is 8.73. The fourth-order valence-electron chi connectivity index (χ4n) is 2.72. The van der Waals surface area contributed by atoms with Crippen LogP contribution >= 0.6 is 11.6 Å². The number of amides is 2. The first-order valence-corrected chi connectivity index (χ1v) is 9.11. The van der Waals surface area contributed by atoms with Gasteiger partial charge in [-0.2, -0.15) is 8.78 Å². The summed E-state index contributed by atoms with van der Waals surface area (Å²) in [5, 5.41) is 7.22. The Kier molecular flexibility index (Phi) is 6.61. The molecular weight excluding hydrogens is 402 g/mol. The number of fused-ring (bicyclic) bond motifs is 1. The monoisotopic (exact) mass is 418 g/mol. The molecular formula is C21H17ClF2N2O3. The number of ether oxygens (including phenoxy) is 1. The molecule has 5 nitrogen and oxygen atoms in total. The van der Waals surface area contributed by atoms with Gasteiger partial charge in [-0.15, -0.1) is 0 Å². The van der Waals surface area contributed by atoms with Crippen LogP contribution in [0.25, 0.3) is 10.8 Å². The minimum Gasteiger partial charge on any atom is -0.433 e. The van der Waals surface area contributed by atoms with Crippen LogP contribution in [0, 0.1) is 0 Å². The topological polar surface area (TPSA) is 67.4 Å². The highest BCUT2D eigenvalue weighted by atomic mass is 35.5. The lowest BCUT2D eigenvalue weighted by molar-refractivity contribution is -0.116. The van der Waals surface area contributed by atoms with Gasteiger partial charge in [0.1, 0.15) is 5.75 Å². The van der Waals surface area contributed by atoms with Gasteiger partial charge in [-0.3, -0.25) is 9.59 Å². The van der Waals surface area contributed by atoms with Crippen LogP contribution in [0.15, 0.2) is 60.7 Å². The van der Waals surface area contributed by atoms with E-state index in [0.717, 1.165) is 10.8 Å². The van der Waals surface area contributed by atoms with Gasteiger partial charge in [0.15, 0.2) is 0 Å². The molecule has 0 spiro atoms. The Balaban J connectivity index is 1.50. The van der Waals surface area contributed by atoms with Crippen molar-refractivity contribution in [2.45, 2.75) is 13.0 Å². The summed E-state index contributed by atoms with van der Waals surface area (Å²) in [4.78, 5) is 24.3. The molecule has 3 rings (SSSR count). The van der Waals surface area contributed by atoms with Crippen LogP contribution in [0.2, 0.25) is 5.02 Å². The van der Waals surface area contributed by atoms with E-state index in [1.54, 1.807) is 12.1 Å². The van der Waals surface area contributed by atoms with Crippen molar-refractivity contribution in [2.24, 2.45) is 0 Å². The van der Waals surface area contributed by atoms with Crippen LogP contribution in [-0.4, -0.2) is 25.0 Å². The molecule has 29 heavy (non-hydrogen) atoms. The minimum absolute atomic E-state index is 0.0340. The van der Waals surface area contributed by atoms with Gasteiger partial charge >= 0.3 is 6.61 Å². The molecule has 2 N–H and O–H groups in total. The minimum atomic E-state index is -2.99. The Hall–Kier alpha value is -3.19. The second-order valence-corrected chi connectivity index (χ2v) is 6.55. The van der Waals surface area contributed by atoms with Crippen molar-refractivity contribution in [3.8, 4) is 5.75 Å². The summed E-state index contributed by atoms with van der Waals surface area (Å²) >= 11 is 5.85. The number of halogens is 3. The second kappa shape index (κ2) is 9.34. The molecule has 0 bridgehead atoms. The molecule has 0 aliphatic heterocycles. The summed E-state index contributed by atoms with van der Waals surface area (Å²) in [7, 11) is 0. The SMILES string of the molecule is O=C(CCNC(=O)c1ccc2ccccc2c1)Nc1ccc(OC(F)F)c(Cl)c1. The van der Waals surface area contributed by atoms with E-state index in [9.17, 15) is 18.4 Å². The molecule has 0 saturated carbocycles. The average Bonchev–Trinajstić information content (AvgIpc) is 2.69. The van der Waals surface area contributed by atoms with Gasteiger partial charge in [0.2, 0.25) is 5.91 Å². The first kappa shape index (κ1) is 20.5. The molecule has 0 radical (unpaired) electrons. The third-order valence-electron chi connectivity index (χ3n) is 4.08. The van der Waals surface area contributed by atoms with E-state index >= 15 is 0 Å². The predicted molar refractivity (Wildman–Crippen MR) is 108 cm³/mol. The van der Waals surface area contributed by atoms with Crippen molar-refractivity contribution in [2.75, 3.05) is 11.9 Å². The zero-order valence-corrected chi connectivity index (χ0v) is 15.9. The third kappa shape index (κ3) is 5.65. The molecule has 0 aliphatic rings. The van der Waals surface area contributed by atoms with E-state index in [-0.39, 0.29) is 35.6 Å². The molecule has 150 valence electrons. The fourth-order valence-corrected chi connectivity index (χ4v) is 2.94. The van der Waals surface area contributed by atoms with Gasteiger partial charge in [-0.25, -0.2) is 0 Å². The van der Waals surface area contributed by atoms with Crippen LogP contribution < -0.4 is 15.4 Å². The summed E-state index contributed by atoms with van der Waals surface area (Å²) in [6.45, 7) is -2.85. The molecule has 0 saturated heterocycles. The van der Waals surface area contributed by atoms with Crippen molar-refractivity contribution in [3.63, 3.8) is 0 Å². The number of alkyl halides is 2. The van der Waals surface area contributed by atoms with E-state index < -0.39 is 6.61 Å². The van der Waals surface area contributed by atoms with Crippen LogP contribution in [-0.2, 0) is 4.79 Å². The quantitative estimate of drug-likeness (QED) is 0.576. The maximum Gasteiger partial charge on any atom is 0.387 e. The highest BCUT2D eigenvalue weighted by Gasteiger charge is 2.11. The van der Waals surface area contributed by atoms with Crippen molar-refractivity contribution >= 4 is 39.9 Å². The normalized spacial score (nSPS) is 10.8. The standard InChI is InChI=1S/C21H17ClF2N2O3/c22-17-12-16(7-8-18(17)29-21(23)24)26-19(27)9-10-25-20(28)15-6-5-13-3-1-2-4-14(13)11-15/h1-8,11-12,21H,9-10H2,(H,25,28)(H,26,27). The van der Waals surface area contributed by atoms with Crippen molar-refractivity contribution in [1.29, 1.82) is 0 Å². The number of hydrogen-bond donors (Lipinski definition) is 2.